The van der Waals surface area contributed by atoms with Crippen molar-refractivity contribution < 1.29 is 8.78 Å². The zero-order chi connectivity index (χ0) is 13.8. The topological polar surface area (TPSA) is 12.0 Å². The van der Waals surface area contributed by atoms with E-state index in [-0.39, 0.29) is 6.04 Å². The summed E-state index contributed by atoms with van der Waals surface area (Å²) >= 11 is 0. The van der Waals surface area contributed by atoms with Gasteiger partial charge in [-0.3, -0.25) is 0 Å². The van der Waals surface area contributed by atoms with Gasteiger partial charge in [0.15, 0.2) is 11.6 Å². The number of halogens is 2. The largest absolute Gasteiger partial charge is 0.307 e. The summed E-state index contributed by atoms with van der Waals surface area (Å²) in [7, 11) is 0. The van der Waals surface area contributed by atoms with Crippen molar-refractivity contribution in [2.75, 3.05) is 0 Å². The van der Waals surface area contributed by atoms with Crippen molar-refractivity contribution in [1.29, 1.82) is 0 Å². The van der Waals surface area contributed by atoms with Gasteiger partial charge in [-0.15, -0.1) is 0 Å². The molecule has 0 aliphatic heterocycles. The van der Waals surface area contributed by atoms with Crippen LogP contribution in [-0.4, -0.2) is 6.04 Å². The first-order valence-electron chi connectivity index (χ1n) is 7.29. The molecule has 1 saturated carbocycles. The smallest absolute Gasteiger partial charge is 0.163 e. The van der Waals surface area contributed by atoms with E-state index in [9.17, 15) is 8.78 Å². The molecule has 1 aliphatic rings. The second-order valence-electron chi connectivity index (χ2n) is 5.72. The van der Waals surface area contributed by atoms with Crippen molar-refractivity contribution in [3.8, 4) is 0 Å². The van der Waals surface area contributed by atoms with Gasteiger partial charge < -0.3 is 5.32 Å². The van der Waals surface area contributed by atoms with Gasteiger partial charge in [0.1, 0.15) is 0 Å². The average Bonchev–Trinajstić information content (AvgIpc) is 2.42. The van der Waals surface area contributed by atoms with Crippen molar-refractivity contribution in [3.63, 3.8) is 0 Å². The van der Waals surface area contributed by atoms with Crippen LogP contribution in [0.2, 0.25) is 0 Å². The zero-order valence-electron chi connectivity index (χ0n) is 11.8. The van der Waals surface area contributed by atoms with Crippen LogP contribution in [-0.2, 0) is 0 Å². The molecule has 106 valence electrons. The van der Waals surface area contributed by atoms with Gasteiger partial charge in [0.25, 0.3) is 0 Å². The summed E-state index contributed by atoms with van der Waals surface area (Å²) in [6, 6.07) is 4.57. The fourth-order valence-electron chi connectivity index (χ4n) is 3.11. The van der Waals surface area contributed by atoms with Crippen LogP contribution in [0.4, 0.5) is 8.78 Å². The van der Waals surface area contributed by atoms with Crippen molar-refractivity contribution in [2.24, 2.45) is 5.92 Å². The highest BCUT2D eigenvalue weighted by molar-refractivity contribution is 5.22. The fraction of sp³-hybridized carbons (Fsp3) is 0.625. The summed E-state index contributed by atoms with van der Waals surface area (Å²) in [6.45, 7) is 4.06. The molecule has 0 spiro atoms. The quantitative estimate of drug-likeness (QED) is 0.841. The predicted molar refractivity (Wildman–Crippen MR) is 73.9 cm³/mol. The van der Waals surface area contributed by atoms with E-state index in [0.29, 0.717) is 17.5 Å². The minimum Gasteiger partial charge on any atom is -0.307 e. The van der Waals surface area contributed by atoms with Gasteiger partial charge >= 0.3 is 0 Å². The molecule has 1 aromatic rings. The zero-order valence-corrected chi connectivity index (χ0v) is 11.8. The molecule has 1 nitrogen and oxygen atoms in total. The molecule has 2 rings (SSSR count). The van der Waals surface area contributed by atoms with Crippen molar-refractivity contribution in [1.82, 2.24) is 5.32 Å². The Hall–Kier alpha value is -0.960. The van der Waals surface area contributed by atoms with Crippen LogP contribution < -0.4 is 5.32 Å². The van der Waals surface area contributed by atoms with Crippen LogP contribution in [0.3, 0.4) is 0 Å². The van der Waals surface area contributed by atoms with Crippen LogP contribution in [0.1, 0.15) is 57.6 Å². The molecule has 19 heavy (non-hydrogen) atoms. The van der Waals surface area contributed by atoms with E-state index in [1.807, 2.05) is 6.92 Å². The van der Waals surface area contributed by atoms with E-state index in [2.05, 4.69) is 12.2 Å². The molecular weight excluding hydrogens is 244 g/mol. The van der Waals surface area contributed by atoms with Crippen LogP contribution in [0.25, 0.3) is 0 Å². The summed E-state index contributed by atoms with van der Waals surface area (Å²) in [5.74, 6) is -0.831. The van der Waals surface area contributed by atoms with Gasteiger partial charge in [-0.1, -0.05) is 31.4 Å². The monoisotopic (exact) mass is 267 g/mol. The highest BCUT2D eigenvalue weighted by Gasteiger charge is 2.23. The fourth-order valence-corrected chi connectivity index (χ4v) is 3.11. The molecule has 0 radical (unpaired) electrons. The molecular formula is C16H23F2N. The minimum atomic E-state index is -0.767. The third-order valence-corrected chi connectivity index (χ3v) is 4.32. The standard InChI is InChI=1S/C16H23F2N/c1-11(13-7-4-3-5-8-13)19-12(2)14-9-6-10-15(17)16(14)18/h6,9-13,19H,3-5,7-8H2,1-2H3/t11-,12?/m0/s1. The molecule has 2 atom stereocenters. The van der Waals surface area contributed by atoms with Gasteiger partial charge in [0, 0.05) is 17.6 Å². The van der Waals surface area contributed by atoms with E-state index in [1.165, 1.54) is 32.1 Å². The highest BCUT2D eigenvalue weighted by Crippen LogP contribution is 2.28. The molecule has 3 heteroatoms. The SMILES string of the molecule is CC(N[C@@H](C)C1CCCCC1)c1cccc(F)c1F. The maximum atomic E-state index is 13.7. The Labute approximate surface area is 114 Å². The number of nitrogens with one attached hydrogen (secondary N) is 1. The first kappa shape index (κ1) is 14.4. The van der Waals surface area contributed by atoms with Crippen molar-refractivity contribution in [3.05, 3.63) is 35.4 Å². The summed E-state index contributed by atoms with van der Waals surface area (Å²) in [5.41, 5.74) is 0.419. The summed E-state index contributed by atoms with van der Waals surface area (Å²) in [6.07, 6.45) is 6.40. The van der Waals surface area contributed by atoms with E-state index in [0.717, 1.165) is 6.07 Å². The molecule has 1 aliphatic carbocycles. The summed E-state index contributed by atoms with van der Waals surface area (Å²) < 4.78 is 27.0. The van der Waals surface area contributed by atoms with Crippen LogP contribution in [0, 0.1) is 17.6 Å². The average molecular weight is 267 g/mol. The second kappa shape index (κ2) is 6.47. The lowest BCUT2D eigenvalue weighted by atomic mass is 9.84. The lowest BCUT2D eigenvalue weighted by Gasteiger charge is -2.31. The molecule has 1 aromatic carbocycles. The van der Waals surface area contributed by atoms with Crippen LogP contribution >= 0.6 is 0 Å². The van der Waals surface area contributed by atoms with Crippen molar-refractivity contribution in [2.45, 2.75) is 58.0 Å². The summed E-state index contributed by atoms with van der Waals surface area (Å²) in [5, 5.41) is 3.43. The maximum absolute atomic E-state index is 13.7. The lowest BCUT2D eigenvalue weighted by Crippen LogP contribution is -2.36. The van der Waals surface area contributed by atoms with Gasteiger partial charge in [0.05, 0.1) is 0 Å². The Morgan fingerprint density at radius 2 is 1.79 bits per heavy atom. The van der Waals surface area contributed by atoms with E-state index in [4.69, 9.17) is 0 Å². The van der Waals surface area contributed by atoms with Crippen molar-refractivity contribution >= 4 is 0 Å². The molecule has 1 unspecified atom stereocenters. The number of hydrogen-bond donors (Lipinski definition) is 1. The molecule has 1 N–H and O–H groups in total. The third kappa shape index (κ3) is 3.53. The Morgan fingerprint density at radius 1 is 1.11 bits per heavy atom. The van der Waals surface area contributed by atoms with E-state index < -0.39 is 11.6 Å². The Bertz CT molecular complexity index is 413. The van der Waals surface area contributed by atoms with Gasteiger partial charge in [0.2, 0.25) is 0 Å². The Balaban J connectivity index is 1.99. The van der Waals surface area contributed by atoms with Gasteiger partial charge in [-0.25, -0.2) is 8.78 Å². The molecule has 1 fully saturated rings. The molecule has 0 heterocycles. The second-order valence-corrected chi connectivity index (χ2v) is 5.72. The Morgan fingerprint density at radius 3 is 2.47 bits per heavy atom. The molecule has 0 saturated heterocycles. The normalized spacial score (nSPS) is 20.2. The number of hydrogen-bond acceptors (Lipinski definition) is 1. The Kier molecular flexibility index (Phi) is 4.92. The molecule has 0 aromatic heterocycles. The number of benzene rings is 1. The van der Waals surface area contributed by atoms with Crippen LogP contribution in [0.5, 0.6) is 0 Å². The first-order chi connectivity index (χ1) is 9.09. The van der Waals surface area contributed by atoms with E-state index in [1.54, 1.807) is 12.1 Å². The van der Waals surface area contributed by atoms with Gasteiger partial charge in [-0.2, -0.15) is 0 Å². The third-order valence-electron chi connectivity index (χ3n) is 4.32. The van der Waals surface area contributed by atoms with Crippen LogP contribution in [0.15, 0.2) is 18.2 Å². The maximum Gasteiger partial charge on any atom is 0.163 e. The highest BCUT2D eigenvalue weighted by atomic mass is 19.2. The predicted octanol–water partition coefficient (Wildman–Crippen LogP) is 4.58. The molecule has 0 amide bonds. The summed E-state index contributed by atoms with van der Waals surface area (Å²) in [4.78, 5) is 0. The van der Waals surface area contributed by atoms with Gasteiger partial charge in [-0.05, 0) is 38.7 Å². The molecule has 0 bridgehead atoms. The number of rotatable bonds is 4. The van der Waals surface area contributed by atoms with E-state index >= 15 is 0 Å². The minimum absolute atomic E-state index is 0.160. The first-order valence-corrected chi connectivity index (χ1v) is 7.29. The lowest BCUT2D eigenvalue weighted by molar-refractivity contribution is 0.266.